The molecule has 3 aliphatic rings. The molecule has 2 aromatic rings. The summed E-state index contributed by atoms with van der Waals surface area (Å²) in [6.45, 7) is 0. The van der Waals surface area contributed by atoms with Crippen LogP contribution >= 0.6 is 0 Å². The number of fused-ring (bicyclic) bond motifs is 5. The molecule has 0 radical (unpaired) electrons. The maximum atomic E-state index is 13.0. The molecule has 1 heterocycles. The Morgan fingerprint density at radius 3 is 2.20 bits per heavy atom. The molecule has 4 atom stereocenters. The fraction of sp³-hybridized carbons (Fsp3) is 0.292. The molecule has 0 unspecified atom stereocenters. The molecule has 1 saturated carbocycles. The number of allylic oxidation sites excluding steroid dienone is 2. The van der Waals surface area contributed by atoms with Gasteiger partial charge in [0.15, 0.2) is 0 Å². The van der Waals surface area contributed by atoms with E-state index in [4.69, 9.17) is 0 Å². The molecule has 1 saturated heterocycles. The fourth-order valence-electron chi connectivity index (χ4n) is 4.99. The summed E-state index contributed by atoms with van der Waals surface area (Å²) in [5, 5.41) is 2.87. The Morgan fingerprint density at radius 2 is 1.60 bits per heavy atom. The molecule has 5 rings (SSSR count). The number of carbonyl (C=O) groups is 3. The highest BCUT2D eigenvalue weighted by molar-refractivity contribution is 6.23. The number of nitrogens with zero attached hydrogens (tertiary/aromatic N) is 2. The number of nitrogens with one attached hydrogen (secondary N) is 1. The standard InChI is InChI=1S/C24H23N3O3/c1-26(2)18-10-8-17(9-11-18)25-22(28)16-4-3-5-19(13-16)27-23(29)20-14-6-7-15(12-14)21(20)24(27)30/h3-11,13-15,20-21H,12H2,1-2H3,(H,25,28)/t14-,15-,20-,21+/m0/s1. The van der Waals surface area contributed by atoms with Crippen molar-refractivity contribution in [1.29, 1.82) is 0 Å². The van der Waals surface area contributed by atoms with E-state index in [1.54, 1.807) is 24.3 Å². The Morgan fingerprint density at radius 1 is 0.967 bits per heavy atom. The van der Waals surface area contributed by atoms with Crippen LogP contribution in [0.5, 0.6) is 0 Å². The van der Waals surface area contributed by atoms with Crippen molar-refractivity contribution < 1.29 is 14.4 Å². The fourth-order valence-corrected chi connectivity index (χ4v) is 4.99. The molecule has 2 aromatic carbocycles. The highest BCUT2D eigenvalue weighted by Gasteiger charge is 2.59. The largest absolute Gasteiger partial charge is 0.378 e. The van der Waals surface area contributed by atoms with Gasteiger partial charge in [-0.25, -0.2) is 4.90 Å². The van der Waals surface area contributed by atoms with Crippen molar-refractivity contribution >= 4 is 34.8 Å². The van der Waals surface area contributed by atoms with Gasteiger partial charge in [0.25, 0.3) is 5.91 Å². The van der Waals surface area contributed by atoms with Crippen LogP contribution in [0.4, 0.5) is 17.1 Å². The SMILES string of the molecule is CN(C)c1ccc(NC(=O)c2cccc(N3C(=O)[C@@H]4[C@H](C3=O)[C@H]3C=C[C@H]4C3)c2)cc1. The Balaban J connectivity index is 1.36. The maximum Gasteiger partial charge on any atom is 0.255 e. The van der Waals surface area contributed by atoms with Gasteiger partial charge in [-0.2, -0.15) is 0 Å². The summed E-state index contributed by atoms with van der Waals surface area (Å²) in [4.78, 5) is 42.0. The van der Waals surface area contributed by atoms with Crippen molar-refractivity contribution in [3.8, 4) is 0 Å². The van der Waals surface area contributed by atoms with Crippen LogP contribution in [-0.2, 0) is 9.59 Å². The zero-order valence-electron chi connectivity index (χ0n) is 16.9. The quantitative estimate of drug-likeness (QED) is 0.630. The van der Waals surface area contributed by atoms with Crippen molar-refractivity contribution in [1.82, 2.24) is 0 Å². The van der Waals surface area contributed by atoms with Crippen LogP contribution in [0.1, 0.15) is 16.8 Å². The smallest absolute Gasteiger partial charge is 0.255 e. The van der Waals surface area contributed by atoms with Crippen molar-refractivity contribution in [2.24, 2.45) is 23.7 Å². The lowest BCUT2D eigenvalue weighted by atomic mass is 9.85. The number of carbonyl (C=O) groups excluding carboxylic acids is 3. The number of hydrogen-bond acceptors (Lipinski definition) is 4. The number of anilines is 3. The van der Waals surface area contributed by atoms with Gasteiger partial charge in [0.2, 0.25) is 11.8 Å². The average Bonchev–Trinajstić information content (AvgIpc) is 3.42. The summed E-state index contributed by atoms with van der Waals surface area (Å²) in [7, 11) is 3.91. The molecule has 3 amide bonds. The first-order valence-electron chi connectivity index (χ1n) is 10.2. The Bertz CT molecular complexity index is 1040. The lowest BCUT2D eigenvalue weighted by molar-refractivity contribution is -0.123. The first-order valence-corrected chi connectivity index (χ1v) is 10.2. The monoisotopic (exact) mass is 401 g/mol. The van der Waals surface area contributed by atoms with Crippen LogP contribution in [-0.4, -0.2) is 31.8 Å². The van der Waals surface area contributed by atoms with Crippen molar-refractivity contribution in [2.75, 3.05) is 29.2 Å². The van der Waals surface area contributed by atoms with Gasteiger partial charge in [0.05, 0.1) is 17.5 Å². The van der Waals surface area contributed by atoms with Gasteiger partial charge in [0, 0.05) is 31.0 Å². The van der Waals surface area contributed by atoms with Gasteiger partial charge < -0.3 is 10.2 Å². The van der Waals surface area contributed by atoms with Gasteiger partial charge in [-0.3, -0.25) is 14.4 Å². The van der Waals surface area contributed by atoms with E-state index in [1.165, 1.54) is 4.90 Å². The van der Waals surface area contributed by atoms with Crippen molar-refractivity contribution in [3.05, 3.63) is 66.2 Å². The highest BCUT2D eigenvalue weighted by Crippen LogP contribution is 2.53. The number of hydrogen-bond donors (Lipinski definition) is 1. The van der Waals surface area contributed by atoms with Crippen LogP contribution in [0.3, 0.4) is 0 Å². The minimum absolute atomic E-state index is 0.140. The third-order valence-electron chi connectivity index (χ3n) is 6.48. The second kappa shape index (κ2) is 6.83. The molecule has 0 aromatic heterocycles. The minimum Gasteiger partial charge on any atom is -0.378 e. The molecule has 2 fully saturated rings. The molecular weight excluding hydrogens is 378 g/mol. The zero-order chi connectivity index (χ0) is 21.0. The Labute approximate surface area is 175 Å². The number of amides is 3. The summed E-state index contributed by atoms with van der Waals surface area (Å²) in [5.41, 5.74) is 2.59. The normalized spacial score (nSPS) is 26.3. The molecule has 6 heteroatoms. The predicted octanol–water partition coefficient (Wildman–Crippen LogP) is 3.32. The van der Waals surface area contributed by atoms with Crippen LogP contribution in [0.25, 0.3) is 0 Å². The lowest BCUT2D eigenvalue weighted by Gasteiger charge is -2.18. The van der Waals surface area contributed by atoms with Crippen molar-refractivity contribution in [3.63, 3.8) is 0 Å². The van der Waals surface area contributed by atoms with Gasteiger partial charge in [-0.1, -0.05) is 18.2 Å². The van der Waals surface area contributed by atoms with Gasteiger partial charge in [0.1, 0.15) is 0 Å². The third-order valence-corrected chi connectivity index (χ3v) is 6.48. The average molecular weight is 401 g/mol. The van der Waals surface area contributed by atoms with Gasteiger partial charge in [-0.05, 0) is 60.7 Å². The molecule has 30 heavy (non-hydrogen) atoms. The minimum atomic E-state index is -0.282. The van der Waals surface area contributed by atoms with E-state index in [2.05, 4.69) is 17.5 Å². The molecule has 1 N–H and O–H groups in total. The molecule has 6 nitrogen and oxygen atoms in total. The third kappa shape index (κ3) is 2.83. The number of imide groups is 1. The van der Waals surface area contributed by atoms with Gasteiger partial charge in [-0.15, -0.1) is 0 Å². The van der Waals surface area contributed by atoms with E-state index in [9.17, 15) is 14.4 Å². The van der Waals surface area contributed by atoms with E-state index in [1.807, 2.05) is 43.3 Å². The summed E-state index contributed by atoms with van der Waals surface area (Å²) in [6.07, 6.45) is 5.05. The molecule has 152 valence electrons. The van der Waals surface area contributed by atoms with E-state index in [0.29, 0.717) is 16.9 Å². The Hall–Kier alpha value is -3.41. The maximum absolute atomic E-state index is 13.0. The van der Waals surface area contributed by atoms with Crippen LogP contribution in [0, 0.1) is 23.7 Å². The van der Waals surface area contributed by atoms with Crippen molar-refractivity contribution in [2.45, 2.75) is 6.42 Å². The number of benzene rings is 2. The van der Waals surface area contributed by atoms with E-state index >= 15 is 0 Å². The first kappa shape index (κ1) is 18.6. The lowest BCUT2D eigenvalue weighted by Crippen LogP contribution is -2.33. The van der Waals surface area contributed by atoms with E-state index in [-0.39, 0.29) is 41.4 Å². The van der Waals surface area contributed by atoms with E-state index < -0.39 is 0 Å². The number of rotatable bonds is 4. The van der Waals surface area contributed by atoms with Crippen LogP contribution in [0.2, 0.25) is 0 Å². The first-order chi connectivity index (χ1) is 14.4. The van der Waals surface area contributed by atoms with Crippen LogP contribution < -0.4 is 15.1 Å². The van der Waals surface area contributed by atoms with E-state index in [0.717, 1.165) is 12.1 Å². The topological polar surface area (TPSA) is 69.7 Å². The summed E-state index contributed by atoms with van der Waals surface area (Å²) < 4.78 is 0. The van der Waals surface area contributed by atoms with Gasteiger partial charge >= 0.3 is 0 Å². The highest BCUT2D eigenvalue weighted by atomic mass is 16.2. The molecule has 2 aliphatic carbocycles. The second-order valence-electron chi connectivity index (χ2n) is 8.46. The summed E-state index contributed by atoms with van der Waals surface area (Å²) >= 11 is 0. The molecule has 1 aliphatic heterocycles. The predicted molar refractivity (Wildman–Crippen MR) is 115 cm³/mol. The molecule has 2 bridgehead atoms. The Kier molecular flexibility index (Phi) is 4.24. The van der Waals surface area contributed by atoms with Crippen LogP contribution in [0.15, 0.2) is 60.7 Å². The summed E-state index contributed by atoms with van der Waals surface area (Å²) in [6, 6.07) is 14.3. The molecular formula is C24H23N3O3. The summed E-state index contributed by atoms with van der Waals surface area (Å²) in [5.74, 6) is -0.732. The zero-order valence-corrected chi connectivity index (χ0v) is 16.9. The molecule has 0 spiro atoms. The second-order valence-corrected chi connectivity index (χ2v) is 8.46.